The standard InChI is InChI=1S/C14H24O/c1-13(2,3)10-14(4,5)11-6-8-12(15)9-7-11/h6,8,15H,7,9-10H2,1-5H3. The summed E-state index contributed by atoms with van der Waals surface area (Å²) in [6.45, 7) is 11.5. The fraction of sp³-hybridized carbons (Fsp3) is 0.714. The molecule has 0 heterocycles. The van der Waals surface area contributed by atoms with E-state index in [1.807, 2.05) is 6.08 Å². The van der Waals surface area contributed by atoms with E-state index in [9.17, 15) is 5.11 Å². The van der Waals surface area contributed by atoms with Crippen molar-refractivity contribution < 1.29 is 5.11 Å². The molecule has 0 bridgehead atoms. The zero-order valence-corrected chi connectivity index (χ0v) is 10.7. The van der Waals surface area contributed by atoms with Gasteiger partial charge >= 0.3 is 0 Å². The molecule has 0 unspecified atom stereocenters. The van der Waals surface area contributed by atoms with Crippen LogP contribution < -0.4 is 0 Å². The van der Waals surface area contributed by atoms with Crippen molar-refractivity contribution in [3.8, 4) is 0 Å². The van der Waals surface area contributed by atoms with Crippen molar-refractivity contribution in [2.24, 2.45) is 10.8 Å². The molecule has 15 heavy (non-hydrogen) atoms. The first kappa shape index (κ1) is 12.4. The molecule has 1 N–H and O–H groups in total. The van der Waals surface area contributed by atoms with Crippen LogP contribution >= 0.6 is 0 Å². The van der Waals surface area contributed by atoms with E-state index in [2.05, 4.69) is 40.7 Å². The Morgan fingerprint density at radius 2 is 1.67 bits per heavy atom. The topological polar surface area (TPSA) is 20.2 Å². The van der Waals surface area contributed by atoms with Crippen molar-refractivity contribution in [3.05, 3.63) is 23.5 Å². The molecule has 0 radical (unpaired) electrons. The molecule has 1 aliphatic carbocycles. The van der Waals surface area contributed by atoms with Crippen LogP contribution in [0, 0.1) is 10.8 Å². The van der Waals surface area contributed by atoms with Gasteiger partial charge in [0.05, 0.1) is 5.76 Å². The second-order valence-corrected chi connectivity index (χ2v) is 6.47. The largest absolute Gasteiger partial charge is 0.512 e. The fourth-order valence-electron chi connectivity index (χ4n) is 2.63. The average Bonchev–Trinajstić information content (AvgIpc) is 2.00. The average molecular weight is 208 g/mol. The zero-order valence-electron chi connectivity index (χ0n) is 10.7. The van der Waals surface area contributed by atoms with E-state index in [4.69, 9.17) is 0 Å². The van der Waals surface area contributed by atoms with E-state index in [1.54, 1.807) is 0 Å². The molecule has 0 saturated carbocycles. The summed E-state index contributed by atoms with van der Waals surface area (Å²) in [7, 11) is 0. The van der Waals surface area contributed by atoms with Crippen molar-refractivity contribution in [2.45, 2.75) is 53.9 Å². The van der Waals surface area contributed by atoms with Crippen LogP contribution in [-0.4, -0.2) is 5.11 Å². The molecule has 86 valence electrons. The van der Waals surface area contributed by atoms with Crippen LogP contribution in [0.1, 0.15) is 53.9 Å². The molecular weight excluding hydrogens is 184 g/mol. The van der Waals surface area contributed by atoms with E-state index >= 15 is 0 Å². The van der Waals surface area contributed by atoms with Crippen LogP contribution in [-0.2, 0) is 0 Å². The lowest BCUT2D eigenvalue weighted by molar-refractivity contribution is 0.242. The Hall–Kier alpha value is -0.720. The summed E-state index contributed by atoms with van der Waals surface area (Å²) in [5.41, 5.74) is 2.07. The Labute approximate surface area is 93.9 Å². The Balaban J connectivity index is 2.78. The third-order valence-corrected chi connectivity index (χ3v) is 2.97. The predicted octanol–water partition coefficient (Wildman–Crippen LogP) is 4.61. The van der Waals surface area contributed by atoms with Crippen molar-refractivity contribution >= 4 is 0 Å². The number of hydrogen-bond acceptors (Lipinski definition) is 1. The lowest BCUT2D eigenvalue weighted by Gasteiger charge is -2.35. The van der Waals surface area contributed by atoms with E-state index in [-0.39, 0.29) is 5.41 Å². The van der Waals surface area contributed by atoms with Crippen molar-refractivity contribution in [3.63, 3.8) is 0 Å². The van der Waals surface area contributed by atoms with Gasteiger partial charge in [-0.25, -0.2) is 0 Å². The lowest BCUT2D eigenvalue weighted by atomic mass is 9.70. The van der Waals surface area contributed by atoms with E-state index in [0.717, 1.165) is 12.8 Å². The third kappa shape index (κ3) is 3.73. The van der Waals surface area contributed by atoms with Gasteiger partial charge in [-0.3, -0.25) is 0 Å². The number of allylic oxidation sites excluding steroid dienone is 4. The highest BCUT2D eigenvalue weighted by Crippen LogP contribution is 2.41. The van der Waals surface area contributed by atoms with Crippen LogP contribution in [0.5, 0.6) is 0 Å². The van der Waals surface area contributed by atoms with Crippen LogP contribution in [0.15, 0.2) is 23.5 Å². The van der Waals surface area contributed by atoms with Crippen LogP contribution in [0.2, 0.25) is 0 Å². The van der Waals surface area contributed by atoms with Crippen molar-refractivity contribution in [2.75, 3.05) is 0 Å². The molecule has 1 rings (SSSR count). The number of hydrogen-bond donors (Lipinski definition) is 1. The molecule has 0 aromatic carbocycles. The van der Waals surface area contributed by atoms with Crippen molar-refractivity contribution in [1.29, 1.82) is 0 Å². The van der Waals surface area contributed by atoms with E-state index in [0.29, 0.717) is 11.2 Å². The maximum Gasteiger partial charge on any atom is 0.0925 e. The highest BCUT2D eigenvalue weighted by molar-refractivity contribution is 5.25. The first-order valence-corrected chi connectivity index (χ1v) is 5.80. The minimum Gasteiger partial charge on any atom is -0.512 e. The van der Waals surface area contributed by atoms with Gasteiger partial charge in [0.1, 0.15) is 0 Å². The maximum absolute atomic E-state index is 9.34. The van der Waals surface area contributed by atoms with E-state index in [1.165, 1.54) is 12.0 Å². The Bertz CT molecular complexity index is 287. The Morgan fingerprint density at radius 1 is 1.07 bits per heavy atom. The summed E-state index contributed by atoms with van der Waals surface area (Å²) in [6, 6.07) is 0. The van der Waals surface area contributed by atoms with E-state index < -0.39 is 0 Å². The minimum absolute atomic E-state index is 0.245. The Kier molecular flexibility index (Phi) is 3.32. The van der Waals surface area contributed by atoms with Gasteiger partial charge in [0.15, 0.2) is 0 Å². The second-order valence-electron chi connectivity index (χ2n) is 6.47. The van der Waals surface area contributed by atoms with Gasteiger partial charge in [-0.1, -0.05) is 46.3 Å². The summed E-state index contributed by atoms with van der Waals surface area (Å²) in [5.74, 6) is 0.519. The molecule has 1 nitrogen and oxygen atoms in total. The summed E-state index contributed by atoms with van der Waals surface area (Å²) >= 11 is 0. The van der Waals surface area contributed by atoms with Crippen molar-refractivity contribution in [1.82, 2.24) is 0 Å². The first-order valence-electron chi connectivity index (χ1n) is 5.80. The van der Waals surface area contributed by atoms with Crippen LogP contribution in [0.3, 0.4) is 0 Å². The van der Waals surface area contributed by atoms with Gasteiger partial charge in [-0.2, -0.15) is 0 Å². The molecule has 1 aliphatic rings. The summed E-state index contributed by atoms with van der Waals surface area (Å²) in [6.07, 6.45) is 6.94. The number of aliphatic hydroxyl groups excluding tert-OH is 1. The maximum atomic E-state index is 9.34. The second kappa shape index (κ2) is 4.03. The Morgan fingerprint density at radius 3 is 2.07 bits per heavy atom. The SMILES string of the molecule is CC(C)(C)CC(C)(C)C1=CC=C(O)CC1. The van der Waals surface area contributed by atoms with Crippen LogP contribution in [0.25, 0.3) is 0 Å². The molecule has 0 aromatic heterocycles. The monoisotopic (exact) mass is 208 g/mol. The summed E-state index contributed by atoms with van der Waals surface area (Å²) in [4.78, 5) is 0. The molecule has 0 fully saturated rings. The fourth-order valence-corrected chi connectivity index (χ4v) is 2.63. The highest BCUT2D eigenvalue weighted by atomic mass is 16.3. The molecule has 0 aliphatic heterocycles. The van der Waals surface area contributed by atoms with Gasteiger partial charge in [0.2, 0.25) is 0 Å². The quantitative estimate of drug-likeness (QED) is 0.702. The molecule has 0 atom stereocenters. The van der Waals surface area contributed by atoms with Gasteiger partial charge < -0.3 is 5.11 Å². The zero-order chi connectivity index (χ0) is 11.7. The van der Waals surface area contributed by atoms with Gasteiger partial charge in [-0.15, -0.1) is 0 Å². The summed E-state index contributed by atoms with van der Waals surface area (Å²) < 4.78 is 0. The molecule has 0 saturated heterocycles. The predicted molar refractivity (Wildman–Crippen MR) is 65.9 cm³/mol. The summed E-state index contributed by atoms with van der Waals surface area (Å²) in [5, 5.41) is 9.34. The molecule has 0 amide bonds. The van der Waals surface area contributed by atoms with Gasteiger partial charge in [0, 0.05) is 6.42 Å². The molecule has 1 heteroatoms. The third-order valence-electron chi connectivity index (χ3n) is 2.97. The minimum atomic E-state index is 0.245. The molecular formula is C14H24O. The number of aliphatic hydroxyl groups is 1. The van der Waals surface area contributed by atoms with Gasteiger partial charge in [-0.05, 0) is 29.7 Å². The first-order chi connectivity index (χ1) is 6.71. The molecule has 0 spiro atoms. The number of rotatable bonds is 2. The highest BCUT2D eigenvalue weighted by Gasteiger charge is 2.29. The normalized spacial score (nSPS) is 18.5. The molecule has 0 aromatic rings. The lowest BCUT2D eigenvalue weighted by Crippen LogP contribution is -2.23. The smallest absolute Gasteiger partial charge is 0.0925 e. The van der Waals surface area contributed by atoms with Crippen LogP contribution in [0.4, 0.5) is 0 Å². The van der Waals surface area contributed by atoms with Gasteiger partial charge in [0.25, 0.3) is 0 Å².